The Balaban J connectivity index is 1.73. The topological polar surface area (TPSA) is 99.1 Å². The highest BCUT2D eigenvalue weighted by Crippen LogP contribution is 2.68. The molecule has 4 aliphatic rings. The van der Waals surface area contributed by atoms with Crippen LogP contribution in [0.15, 0.2) is 23.8 Å². The van der Waals surface area contributed by atoms with E-state index in [0.717, 1.165) is 18.4 Å². The average Bonchev–Trinajstić information content (AvgIpc) is 3.01. The van der Waals surface area contributed by atoms with Crippen molar-refractivity contribution in [2.24, 2.45) is 28.6 Å². The van der Waals surface area contributed by atoms with Gasteiger partial charge in [0.15, 0.2) is 11.8 Å². The van der Waals surface area contributed by atoms with Gasteiger partial charge in [-0.1, -0.05) is 37.1 Å². The summed E-state index contributed by atoms with van der Waals surface area (Å²) in [5, 5.41) is 11.5. The fourth-order valence-corrected chi connectivity index (χ4v) is 7.41. The molecule has 7 atom stereocenters. The Morgan fingerprint density at radius 1 is 1.25 bits per heavy atom. The van der Waals surface area contributed by atoms with Crippen LogP contribution in [0.5, 0.6) is 0 Å². The molecule has 0 bridgehead atoms. The zero-order chi connectivity index (χ0) is 23.3. The maximum absolute atomic E-state index is 13.2. The first kappa shape index (κ1) is 23.3. The monoisotopic (exact) mass is 466 g/mol. The van der Waals surface area contributed by atoms with Crippen LogP contribution in [0.25, 0.3) is 0 Å². The van der Waals surface area contributed by atoms with Crippen LogP contribution < -0.4 is 0 Å². The lowest BCUT2D eigenvalue weighted by Gasteiger charge is -2.59. The average molecular weight is 467 g/mol. The first-order valence-electron chi connectivity index (χ1n) is 11.3. The minimum Gasteiger partial charge on any atom is -0.446 e. The highest BCUT2D eigenvalue weighted by molar-refractivity contribution is 6.17. The van der Waals surface area contributed by atoms with E-state index in [1.54, 1.807) is 19.1 Å². The quantitative estimate of drug-likeness (QED) is 0.495. The number of aliphatic hydroxyl groups is 1. The van der Waals surface area contributed by atoms with Gasteiger partial charge in [-0.05, 0) is 63.0 Å². The molecular formula is C24H31ClO7. The molecule has 1 N–H and O–H groups in total. The molecule has 0 amide bonds. The second-order valence-electron chi connectivity index (χ2n) is 9.90. The molecule has 4 rings (SSSR count). The molecule has 4 aliphatic carbocycles. The molecule has 0 aromatic heterocycles. The van der Waals surface area contributed by atoms with E-state index in [4.69, 9.17) is 25.8 Å². The van der Waals surface area contributed by atoms with E-state index in [2.05, 4.69) is 6.92 Å². The van der Waals surface area contributed by atoms with E-state index in [-0.39, 0.29) is 49.1 Å². The van der Waals surface area contributed by atoms with Gasteiger partial charge in [0, 0.05) is 16.7 Å². The van der Waals surface area contributed by atoms with Gasteiger partial charge in [-0.25, -0.2) is 9.59 Å². The van der Waals surface area contributed by atoms with Crippen LogP contribution in [0.2, 0.25) is 0 Å². The number of esters is 1. The fourth-order valence-electron chi connectivity index (χ4n) is 7.31. The highest BCUT2D eigenvalue weighted by atomic mass is 35.5. The third-order valence-corrected chi connectivity index (χ3v) is 8.76. The van der Waals surface area contributed by atoms with Gasteiger partial charge in [-0.15, -0.1) is 0 Å². The minimum atomic E-state index is -1.57. The van der Waals surface area contributed by atoms with E-state index < -0.39 is 34.7 Å². The van der Waals surface area contributed by atoms with Crippen molar-refractivity contribution in [2.75, 3.05) is 12.7 Å². The molecule has 3 fully saturated rings. The van der Waals surface area contributed by atoms with Crippen LogP contribution in [0.3, 0.4) is 0 Å². The van der Waals surface area contributed by atoms with Crippen molar-refractivity contribution >= 4 is 29.5 Å². The number of ketones is 1. The number of aliphatic hydroxyl groups excluding tert-OH is 1. The molecular weight excluding hydrogens is 436 g/mol. The van der Waals surface area contributed by atoms with E-state index in [9.17, 15) is 19.5 Å². The predicted molar refractivity (Wildman–Crippen MR) is 116 cm³/mol. The van der Waals surface area contributed by atoms with Gasteiger partial charge in [0.05, 0.1) is 12.7 Å². The minimum absolute atomic E-state index is 0.0161. The van der Waals surface area contributed by atoms with Gasteiger partial charge in [-0.2, -0.15) is 0 Å². The Morgan fingerprint density at radius 2 is 2.00 bits per heavy atom. The van der Waals surface area contributed by atoms with Crippen molar-refractivity contribution in [3.63, 3.8) is 0 Å². The molecule has 8 heteroatoms. The predicted octanol–water partition coefficient (Wildman–Crippen LogP) is 3.92. The zero-order valence-corrected chi connectivity index (χ0v) is 19.5. The van der Waals surface area contributed by atoms with Crippen molar-refractivity contribution in [1.29, 1.82) is 0 Å². The summed E-state index contributed by atoms with van der Waals surface area (Å²) in [5.41, 5.74) is -1.76. The second-order valence-corrected chi connectivity index (χ2v) is 10.1. The Hall–Kier alpha value is -1.86. The summed E-state index contributed by atoms with van der Waals surface area (Å²) < 4.78 is 15.9. The molecule has 0 unspecified atom stereocenters. The Labute approximate surface area is 193 Å². The lowest BCUT2D eigenvalue weighted by molar-refractivity contribution is -0.199. The maximum Gasteiger partial charge on any atom is 0.509 e. The lowest BCUT2D eigenvalue weighted by atomic mass is 9.46. The summed E-state index contributed by atoms with van der Waals surface area (Å²) in [4.78, 5) is 37.5. The van der Waals surface area contributed by atoms with Crippen LogP contribution in [-0.4, -0.2) is 47.4 Å². The number of fused-ring (bicyclic) bond motifs is 5. The van der Waals surface area contributed by atoms with Gasteiger partial charge >= 0.3 is 12.1 Å². The van der Waals surface area contributed by atoms with Crippen molar-refractivity contribution in [3.8, 4) is 0 Å². The molecule has 0 aliphatic heterocycles. The molecule has 0 aromatic rings. The molecule has 32 heavy (non-hydrogen) atoms. The molecule has 3 saturated carbocycles. The van der Waals surface area contributed by atoms with Crippen molar-refractivity contribution in [1.82, 2.24) is 0 Å². The van der Waals surface area contributed by atoms with E-state index in [1.807, 2.05) is 13.0 Å². The van der Waals surface area contributed by atoms with Gasteiger partial charge in [0.1, 0.15) is 0 Å². The molecule has 0 aromatic carbocycles. The summed E-state index contributed by atoms with van der Waals surface area (Å²) in [6.45, 7) is 5.77. The number of rotatable bonds is 4. The summed E-state index contributed by atoms with van der Waals surface area (Å²) in [6, 6.07) is -0.354. The van der Waals surface area contributed by atoms with E-state index in [1.165, 1.54) is 0 Å². The first-order chi connectivity index (χ1) is 15.1. The molecule has 7 nitrogen and oxygen atoms in total. The number of carbonyl (C=O) groups excluding carboxylic acids is 3. The summed E-state index contributed by atoms with van der Waals surface area (Å²) in [7, 11) is 0. The van der Waals surface area contributed by atoms with Crippen LogP contribution in [-0.2, 0) is 23.8 Å². The first-order valence-corrected chi connectivity index (χ1v) is 11.9. The summed E-state index contributed by atoms with van der Waals surface area (Å²) in [6.07, 6.45) is 6.31. The second kappa shape index (κ2) is 8.17. The van der Waals surface area contributed by atoms with Crippen LogP contribution >= 0.6 is 11.6 Å². The van der Waals surface area contributed by atoms with Gasteiger partial charge < -0.3 is 19.3 Å². The largest absolute Gasteiger partial charge is 0.509 e. The van der Waals surface area contributed by atoms with Crippen molar-refractivity contribution in [3.05, 3.63) is 23.8 Å². The number of hydrogen-bond donors (Lipinski definition) is 1. The van der Waals surface area contributed by atoms with E-state index in [0.29, 0.717) is 6.42 Å². The Kier molecular flexibility index (Phi) is 5.95. The number of allylic oxidation sites excluding steroid dienone is 4. The molecule has 0 spiro atoms. The number of carbonyl (C=O) groups is 3. The van der Waals surface area contributed by atoms with Crippen molar-refractivity contribution < 1.29 is 33.7 Å². The SMILES string of the molecule is CCOC(=O)O[C@]1(C(=O)OCCl)CC[C@@H]2[C@@H]3CCC4=CC(=O)C=C[C@]4(C)[C@H]3[C@@H](O)C[C@@]21C. The van der Waals surface area contributed by atoms with Crippen molar-refractivity contribution in [2.45, 2.75) is 64.6 Å². The maximum atomic E-state index is 13.2. The highest BCUT2D eigenvalue weighted by Gasteiger charge is 2.71. The normalized spacial score (nSPS) is 42.3. The Morgan fingerprint density at radius 3 is 2.69 bits per heavy atom. The molecule has 0 heterocycles. The molecule has 0 saturated heterocycles. The third kappa shape index (κ3) is 3.23. The number of hydrogen-bond acceptors (Lipinski definition) is 7. The standard InChI is InChI=1S/C24H31ClO7/c1-4-30-21(29)32-24(20(28)31-13-25)10-8-17-16-6-5-14-11-15(26)7-9-22(14,2)19(16)18(27)12-23(17,24)3/h7,9,11,16-19,27H,4-6,8,10,12-13H2,1-3H3/t16-,17+,18-,19+,22-,23-,24-/m0/s1. The summed E-state index contributed by atoms with van der Waals surface area (Å²) >= 11 is 5.70. The lowest BCUT2D eigenvalue weighted by Crippen LogP contribution is -2.62. The fraction of sp³-hybridized carbons (Fsp3) is 0.708. The molecule has 176 valence electrons. The third-order valence-electron chi connectivity index (χ3n) is 8.65. The smallest absolute Gasteiger partial charge is 0.446 e. The van der Waals surface area contributed by atoms with E-state index >= 15 is 0 Å². The number of alkyl halides is 1. The number of ether oxygens (including phenoxy) is 3. The van der Waals surface area contributed by atoms with Gasteiger partial charge in [0.2, 0.25) is 5.60 Å². The van der Waals surface area contributed by atoms with Crippen LogP contribution in [0.1, 0.15) is 52.9 Å². The van der Waals surface area contributed by atoms with Crippen LogP contribution in [0.4, 0.5) is 4.79 Å². The molecule has 0 radical (unpaired) electrons. The summed E-state index contributed by atoms with van der Waals surface area (Å²) in [5.74, 6) is -0.676. The zero-order valence-electron chi connectivity index (χ0n) is 18.8. The van der Waals surface area contributed by atoms with Gasteiger partial charge in [-0.3, -0.25) is 4.79 Å². The van der Waals surface area contributed by atoms with Crippen LogP contribution in [0, 0.1) is 28.6 Å². The Bertz CT molecular complexity index is 882. The number of halogens is 1. The van der Waals surface area contributed by atoms with Gasteiger partial charge in [0.25, 0.3) is 0 Å².